The number of hydrogen-bond acceptors (Lipinski definition) is 3. The molecule has 24 heavy (non-hydrogen) atoms. The molecule has 0 spiro atoms. The lowest BCUT2D eigenvalue weighted by atomic mass is 9.79. The van der Waals surface area contributed by atoms with Gasteiger partial charge in [-0.3, -0.25) is 4.79 Å². The van der Waals surface area contributed by atoms with Gasteiger partial charge >= 0.3 is 12.4 Å². The lowest BCUT2D eigenvalue weighted by Crippen LogP contribution is -2.73. The zero-order valence-corrected chi connectivity index (χ0v) is 12.4. The highest BCUT2D eigenvalue weighted by Crippen LogP contribution is 2.45. The van der Waals surface area contributed by atoms with E-state index < -0.39 is 40.9 Å². The first-order valence-electron chi connectivity index (χ1n) is 6.41. The minimum Gasteiger partial charge on any atom is -0.363 e. The average molecular weight is 372 g/mol. The van der Waals surface area contributed by atoms with Crippen LogP contribution in [0.15, 0.2) is 30.3 Å². The van der Waals surface area contributed by atoms with Crippen LogP contribution in [0.5, 0.6) is 0 Å². The first-order chi connectivity index (χ1) is 10.9. The number of hydrogen-bond donors (Lipinski definition) is 3. The minimum atomic E-state index is -5.59. The van der Waals surface area contributed by atoms with Gasteiger partial charge in [0.15, 0.2) is 5.11 Å². The molecule has 1 aliphatic heterocycles. The number of alkyl halides is 6. The summed E-state index contributed by atoms with van der Waals surface area (Å²) in [6.07, 6.45) is -11.2. The van der Waals surface area contributed by atoms with Gasteiger partial charge in [-0.05, 0) is 17.8 Å². The van der Waals surface area contributed by atoms with E-state index in [2.05, 4.69) is 17.5 Å². The van der Waals surface area contributed by atoms with Crippen LogP contribution in [0.3, 0.4) is 0 Å². The van der Waals surface area contributed by atoms with Crippen LogP contribution < -0.4 is 10.6 Å². The second kappa shape index (κ2) is 5.88. The van der Waals surface area contributed by atoms with Gasteiger partial charge in [0.2, 0.25) is 11.5 Å². The van der Waals surface area contributed by atoms with Crippen molar-refractivity contribution in [2.24, 2.45) is 5.92 Å². The van der Waals surface area contributed by atoms with Gasteiger partial charge in [-0.25, -0.2) is 0 Å². The Morgan fingerprint density at radius 1 is 1.12 bits per heavy atom. The van der Waals surface area contributed by atoms with Gasteiger partial charge in [-0.2, -0.15) is 26.3 Å². The van der Waals surface area contributed by atoms with E-state index in [1.807, 2.05) is 0 Å². The standard InChI is InChI=1S/C13H10F6N2O2S/c14-12(15,16)9(22)7-8(6-4-2-1-3-5-6)20-10(24)21-11(7,23)13(17,18)19/h1-5,7-8,23H,(H2,20,21,24). The Kier molecular flexibility index (Phi) is 4.53. The Balaban J connectivity index is 2.63. The summed E-state index contributed by atoms with van der Waals surface area (Å²) in [6, 6.07) is 4.84. The van der Waals surface area contributed by atoms with Crippen LogP contribution in [0.2, 0.25) is 0 Å². The molecule has 1 aromatic rings. The number of ketones is 1. The number of carbonyl (C=O) groups is 1. The molecule has 3 unspecified atom stereocenters. The molecule has 3 atom stereocenters. The van der Waals surface area contributed by atoms with E-state index in [-0.39, 0.29) is 5.56 Å². The lowest BCUT2D eigenvalue weighted by molar-refractivity contribution is -0.293. The third-order valence-corrected chi connectivity index (χ3v) is 3.75. The number of aliphatic hydroxyl groups is 1. The van der Waals surface area contributed by atoms with E-state index in [0.29, 0.717) is 0 Å². The largest absolute Gasteiger partial charge is 0.450 e. The van der Waals surface area contributed by atoms with Crippen molar-refractivity contribution in [2.45, 2.75) is 24.1 Å². The van der Waals surface area contributed by atoms with Gasteiger partial charge in [-0.1, -0.05) is 30.3 Å². The summed E-state index contributed by atoms with van der Waals surface area (Å²) in [5, 5.41) is 12.8. The van der Waals surface area contributed by atoms with Crippen molar-refractivity contribution in [2.75, 3.05) is 0 Å². The Hall–Kier alpha value is -1.88. The molecule has 1 aliphatic rings. The fourth-order valence-electron chi connectivity index (χ4n) is 2.45. The maximum absolute atomic E-state index is 13.3. The first-order valence-corrected chi connectivity index (χ1v) is 6.82. The molecule has 4 nitrogen and oxygen atoms in total. The Morgan fingerprint density at radius 3 is 2.12 bits per heavy atom. The molecule has 0 saturated carbocycles. The topological polar surface area (TPSA) is 61.4 Å². The fraction of sp³-hybridized carbons (Fsp3) is 0.385. The molecule has 3 N–H and O–H groups in total. The highest BCUT2D eigenvalue weighted by Gasteiger charge is 2.68. The van der Waals surface area contributed by atoms with E-state index in [1.165, 1.54) is 35.6 Å². The third kappa shape index (κ3) is 3.18. The molecule has 1 fully saturated rings. The van der Waals surface area contributed by atoms with Gasteiger partial charge in [0, 0.05) is 0 Å². The number of nitrogens with one attached hydrogen (secondary N) is 2. The predicted molar refractivity (Wildman–Crippen MR) is 73.6 cm³/mol. The maximum atomic E-state index is 13.3. The fourth-order valence-corrected chi connectivity index (χ4v) is 2.74. The van der Waals surface area contributed by atoms with Gasteiger partial charge in [-0.15, -0.1) is 0 Å². The van der Waals surface area contributed by atoms with E-state index in [1.54, 1.807) is 0 Å². The highest BCUT2D eigenvalue weighted by molar-refractivity contribution is 7.80. The predicted octanol–water partition coefficient (Wildman–Crippen LogP) is 2.20. The molecular weight excluding hydrogens is 362 g/mol. The van der Waals surface area contributed by atoms with Crippen LogP contribution in [0.1, 0.15) is 11.6 Å². The number of carbonyl (C=O) groups excluding carboxylic acids is 1. The molecule has 0 radical (unpaired) electrons. The summed E-state index contributed by atoms with van der Waals surface area (Å²) < 4.78 is 78.3. The molecule has 1 heterocycles. The van der Waals surface area contributed by atoms with Gasteiger partial charge < -0.3 is 15.7 Å². The molecule has 0 bridgehead atoms. The van der Waals surface area contributed by atoms with Crippen molar-refractivity contribution in [1.82, 2.24) is 10.6 Å². The minimum absolute atomic E-state index is 0.0633. The van der Waals surface area contributed by atoms with Gasteiger partial charge in [0.05, 0.1) is 6.04 Å². The second-order valence-electron chi connectivity index (χ2n) is 5.09. The normalized spacial score (nSPS) is 28.0. The molecule has 1 aromatic carbocycles. The van der Waals surface area contributed by atoms with Crippen molar-refractivity contribution in [3.63, 3.8) is 0 Å². The average Bonchev–Trinajstić information content (AvgIpc) is 2.44. The number of rotatable bonds is 2. The Labute approximate surface area is 136 Å². The molecular formula is C13H10F6N2O2S. The molecule has 11 heteroatoms. The van der Waals surface area contributed by atoms with Crippen LogP contribution in [-0.2, 0) is 4.79 Å². The second-order valence-corrected chi connectivity index (χ2v) is 5.50. The van der Waals surface area contributed by atoms with Crippen molar-refractivity contribution in [3.05, 3.63) is 35.9 Å². The Bertz CT molecular complexity index is 648. The SMILES string of the molecule is O=C(C1C(c2ccccc2)NC(=S)NC1(O)C(F)(F)F)C(F)(F)F. The summed E-state index contributed by atoms with van der Waals surface area (Å²) in [5.41, 5.74) is -4.23. The third-order valence-electron chi connectivity index (χ3n) is 3.53. The summed E-state index contributed by atoms with van der Waals surface area (Å²) in [7, 11) is 0. The molecule has 2 rings (SSSR count). The lowest BCUT2D eigenvalue weighted by Gasteiger charge is -2.46. The van der Waals surface area contributed by atoms with Crippen molar-refractivity contribution in [1.29, 1.82) is 0 Å². The van der Waals surface area contributed by atoms with Crippen LogP contribution in [0.4, 0.5) is 26.3 Å². The molecule has 0 aromatic heterocycles. The van der Waals surface area contributed by atoms with Crippen molar-refractivity contribution in [3.8, 4) is 0 Å². The van der Waals surface area contributed by atoms with Crippen molar-refractivity contribution < 1.29 is 36.2 Å². The van der Waals surface area contributed by atoms with E-state index >= 15 is 0 Å². The number of benzene rings is 1. The summed E-state index contributed by atoms with van der Waals surface area (Å²) in [4.78, 5) is 11.7. The molecule has 0 aliphatic carbocycles. The first kappa shape index (κ1) is 18.5. The molecule has 0 amide bonds. The van der Waals surface area contributed by atoms with Crippen molar-refractivity contribution >= 4 is 23.1 Å². The highest BCUT2D eigenvalue weighted by atomic mass is 32.1. The zero-order chi connectivity index (χ0) is 18.3. The smallest absolute Gasteiger partial charge is 0.363 e. The molecule has 1 saturated heterocycles. The van der Waals surface area contributed by atoms with Crippen LogP contribution >= 0.6 is 12.2 Å². The van der Waals surface area contributed by atoms with E-state index in [9.17, 15) is 36.2 Å². The monoisotopic (exact) mass is 372 g/mol. The van der Waals surface area contributed by atoms with Gasteiger partial charge in [0.1, 0.15) is 5.92 Å². The van der Waals surface area contributed by atoms with E-state index in [0.717, 1.165) is 0 Å². The molecule has 132 valence electrons. The number of thiocarbonyl (C=S) groups is 1. The van der Waals surface area contributed by atoms with Crippen LogP contribution in [0, 0.1) is 5.92 Å². The number of Topliss-reactive ketones (excluding diaryl/α,β-unsaturated/α-hetero) is 1. The maximum Gasteiger partial charge on any atom is 0.450 e. The van der Waals surface area contributed by atoms with Crippen LogP contribution in [0.25, 0.3) is 0 Å². The summed E-state index contributed by atoms with van der Waals surface area (Å²) >= 11 is 4.56. The van der Waals surface area contributed by atoms with Gasteiger partial charge in [0.25, 0.3) is 0 Å². The Morgan fingerprint density at radius 2 is 1.67 bits per heavy atom. The van der Waals surface area contributed by atoms with Crippen LogP contribution in [-0.4, -0.2) is 34.1 Å². The zero-order valence-electron chi connectivity index (χ0n) is 11.6. The summed E-state index contributed by atoms with van der Waals surface area (Å²) in [5.74, 6) is -5.65. The summed E-state index contributed by atoms with van der Waals surface area (Å²) in [6.45, 7) is 0. The van der Waals surface area contributed by atoms with E-state index in [4.69, 9.17) is 0 Å². The number of halogens is 6. The quantitative estimate of drug-likeness (QED) is 0.549.